The molecule has 2 aliphatic rings. The lowest BCUT2D eigenvalue weighted by Crippen LogP contribution is -2.46. The number of rotatable bonds is 12. The van der Waals surface area contributed by atoms with Gasteiger partial charge < -0.3 is 25.0 Å². The smallest absolute Gasteiger partial charge is 0.310 e. The monoisotopic (exact) mass is 561 g/mol. The highest BCUT2D eigenvalue weighted by Gasteiger charge is 2.59. The first kappa shape index (κ1) is 30.3. The lowest BCUT2D eigenvalue weighted by atomic mass is 9.69. The number of esters is 1. The molecule has 8 nitrogen and oxygen atoms in total. The summed E-state index contributed by atoms with van der Waals surface area (Å²) in [6, 6.07) is 15.2. The van der Waals surface area contributed by atoms with E-state index >= 15 is 0 Å². The minimum absolute atomic E-state index is 0.162. The predicted octanol–water partition coefficient (Wildman–Crippen LogP) is 4.81. The quantitative estimate of drug-likeness (QED) is 0.285. The molecule has 1 aliphatic heterocycles. The number of ether oxygens (including phenoxy) is 1. The Kier molecular flexibility index (Phi) is 10.2. The van der Waals surface area contributed by atoms with Crippen LogP contribution in [0.1, 0.15) is 52.1 Å². The zero-order valence-electron chi connectivity index (χ0n) is 24.5. The van der Waals surface area contributed by atoms with Gasteiger partial charge in [-0.15, -0.1) is 0 Å². The van der Waals surface area contributed by atoms with E-state index in [0.717, 1.165) is 37.2 Å². The average Bonchev–Trinajstić information content (AvgIpc) is 3.27. The number of nitrogens with zero attached hydrogens (tertiary/aromatic N) is 2. The number of hydrogen-bond acceptors (Lipinski definition) is 6. The van der Waals surface area contributed by atoms with Crippen LogP contribution in [0.15, 0.2) is 66.7 Å². The summed E-state index contributed by atoms with van der Waals surface area (Å²) < 4.78 is 5.46. The first-order valence-electron chi connectivity index (χ1n) is 14.9. The van der Waals surface area contributed by atoms with Crippen molar-refractivity contribution in [3.63, 3.8) is 0 Å². The Morgan fingerprint density at radius 1 is 1.00 bits per heavy atom. The lowest BCUT2D eigenvalue weighted by molar-refractivity contribution is -0.156. The highest BCUT2D eigenvalue weighted by atomic mass is 16.5. The summed E-state index contributed by atoms with van der Waals surface area (Å²) in [6.45, 7) is 9.59. The number of aliphatic hydroxyl groups excluding tert-OH is 1. The van der Waals surface area contributed by atoms with E-state index in [0.29, 0.717) is 5.69 Å². The second-order valence-corrected chi connectivity index (χ2v) is 10.7. The van der Waals surface area contributed by atoms with E-state index in [1.54, 1.807) is 6.92 Å². The SMILES string of the molecule is CCC[C@@H]1C=C[C@H]2[C@@H](C(=O)N([C@H](CO)c3ccccc3)[C@@H]2C(=O)Nc2ccc(N(CC)CC)cc2)[C@@H]1C(=O)OCC. The molecular formula is C33H43N3O5. The number of anilines is 2. The molecule has 1 fully saturated rings. The molecule has 2 aromatic rings. The molecule has 1 aliphatic carbocycles. The largest absolute Gasteiger partial charge is 0.466 e. The molecule has 220 valence electrons. The van der Waals surface area contributed by atoms with Gasteiger partial charge in [0.2, 0.25) is 11.8 Å². The van der Waals surface area contributed by atoms with Crippen molar-refractivity contribution in [2.75, 3.05) is 36.5 Å². The standard InChI is InChI=1S/C33H43N3O5/c1-5-12-23-15-20-26-29(28(23)33(40)41-8-4)32(39)36(27(21-37)22-13-10-9-11-14-22)30(26)31(38)34-24-16-18-25(19-17-24)35(6-2)7-3/h9-11,13-20,23,26-30,37H,5-8,12,21H2,1-4H3,(H,34,38)/t23-,26+,27-,28-,29-,30+/m1/s1. The van der Waals surface area contributed by atoms with Gasteiger partial charge in [0.15, 0.2) is 0 Å². The van der Waals surface area contributed by atoms with Crippen LogP contribution in [0.5, 0.6) is 0 Å². The molecule has 6 atom stereocenters. The number of nitrogens with one attached hydrogen (secondary N) is 1. The van der Waals surface area contributed by atoms with Crippen molar-refractivity contribution in [1.29, 1.82) is 0 Å². The molecule has 2 amide bonds. The minimum atomic E-state index is -0.914. The highest BCUT2D eigenvalue weighted by Crippen LogP contribution is 2.48. The Morgan fingerprint density at radius 3 is 2.27 bits per heavy atom. The van der Waals surface area contributed by atoms with Crippen LogP contribution in [0.4, 0.5) is 11.4 Å². The maximum Gasteiger partial charge on any atom is 0.310 e. The fraction of sp³-hybridized carbons (Fsp3) is 0.485. The summed E-state index contributed by atoms with van der Waals surface area (Å²) in [5.41, 5.74) is 2.40. The van der Waals surface area contributed by atoms with Crippen LogP contribution in [0.3, 0.4) is 0 Å². The molecule has 0 aromatic heterocycles. The molecule has 1 heterocycles. The van der Waals surface area contributed by atoms with E-state index in [4.69, 9.17) is 4.74 Å². The average molecular weight is 562 g/mol. The van der Waals surface area contributed by atoms with Gasteiger partial charge in [-0.1, -0.05) is 55.8 Å². The Hall–Kier alpha value is -3.65. The van der Waals surface area contributed by atoms with Crippen LogP contribution in [0, 0.1) is 23.7 Å². The zero-order chi connectivity index (χ0) is 29.5. The van der Waals surface area contributed by atoms with E-state index in [1.165, 1.54) is 4.90 Å². The third-order valence-corrected chi connectivity index (χ3v) is 8.45. The summed E-state index contributed by atoms with van der Waals surface area (Å²) in [5, 5.41) is 13.6. The molecule has 8 heteroatoms. The second-order valence-electron chi connectivity index (χ2n) is 10.7. The molecular weight excluding hydrogens is 518 g/mol. The molecule has 0 bridgehead atoms. The van der Waals surface area contributed by atoms with Gasteiger partial charge in [0, 0.05) is 30.4 Å². The maximum absolute atomic E-state index is 14.3. The molecule has 0 unspecified atom stereocenters. The molecule has 2 N–H and O–H groups in total. The van der Waals surface area contributed by atoms with Crippen LogP contribution in [0.2, 0.25) is 0 Å². The summed E-state index contributed by atoms with van der Waals surface area (Å²) in [4.78, 5) is 45.4. The van der Waals surface area contributed by atoms with Crippen LogP contribution >= 0.6 is 0 Å². The summed E-state index contributed by atoms with van der Waals surface area (Å²) in [6.07, 6.45) is 5.50. The number of allylic oxidation sites excluding steroid dienone is 1. The van der Waals surface area contributed by atoms with E-state index in [1.807, 2.05) is 73.7 Å². The van der Waals surface area contributed by atoms with Crippen LogP contribution < -0.4 is 10.2 Å². The Labute approximate surface area is 243 Å². The number of carbonyl (C=O) groups excluding carboxylic acids is 3. The van der Waals surface area contributed by atoms with Crippen molar-refractivity contribution in [3.05, 3.63) is 72.3 Å². The number of carbonyl (C=O) groups is 3. The van der Waals surface area contributed by atoms with Gasteiger partial charge in [0.05, 0.1) is 31.1 Å². The third-order valence-electron chi connectivity index (χ3n) is 8.45. The number of benzene rings is 2. The van der Waals surface area contributed by atoms with Crippen LogP contribution in [-0.4, -0.2) is 60.1 Å². The lowest BCUT2D eigenvalue weighted by Gasteiger charge is -2.34. The number of amides is 2. The number of fused-ring (bicyclic) bond motifs is 1. The van der Waals surface area contributed by atoms with Gasteiger partial charge >= 0.3 is 5.97 Å². The first-order valence-corrected chi connectivity index (χ1v) is 14.9. The fourth-order valence-corrected chi connectivity index (χ4v) is 6.54. The first-order chi connectivity index (χ1) is 19.9. The van der Waals surface area contributed by atoms with Crippen molar-refractivity contribution in [2.45, 2.75) is 52.6 Å². The molecule has 0 radical (unpaired) electrons. The van der Waals surface area contributed by atoms with Crippen molar-refractivity contribution in [2.24, 2.45) is 23.7 Å². The van der Waals surface area contributed by atoms with Crippen LogP contribution in [-0.2, 0) is 19.1 Å². The van der Waals surface area contributed by atoms with Gasteiger partial charge in [-0.05, 0) is 62.9 Å². The van der Waals surface area contributed by atoms with Crippen molar-refractivity contribution in [1.82, 2.24) is 4.90 Å². The van der Waals surface area contributed by atoms with Gasteiger partial charge in [-0.3, -0.25) is 14.4 Å². The number of likely N-dealkylation sites (tertiary alicyclic amines) is 1. The molecule has 0 saturated carbocycles. The molecule has 1 saturated heterocycles. The van der Waals surface area contributed by atoms with Crippen molar-refractivity contribution in [3.8, 4) is 0 Å². The normalized spacial score (nSPS) is 24.1. The predicted molar refractivity (Wildman–Crippen MR) is 160 cm³/mol. The Bertz CT molecular complexity index is 1210. The summed E-state index contributed by atoms with van der Waals surface area (Å²) in [7, 11) is 0. The second kappa shape index (κ2) is 13.8. The van der Waals surface area contributed by atoms with Crippen LogP contribution in [0.25, 0.3) is 0 Å². The third kappa shape index (κ3) is 6.17. The minimum Gasteiger partial charge on any atom is -0.466 e. The topological polar surface area (TPSA) is 99.2 Å². The number of aliphatic hydroxyl groups is 1. The summed E-state index contributed by atoms with van der Waals surface area (Å²) >= 11 is 0. The van der Waals surface area contributed by atoms with Crippen molar-refractivity contribution < 1.29 is 24.2 Å². The van der Waals surface area contributed by atoms with Gasteiger partial charge in [-0.25, -0.2) is 0 Å². The van der Waals surface area contributed by atoms with Gasteiger partial charge in [0.1, 0.15) is 6.04 Å². The molecule has 0 spiro atoms. The van der Waals surface area contributed by atoms with Crippen molar-refractivity contribution >= 4 is 29.2 Å². The van der Waals surface area contributed by atoms with E-state index in [9.17, 15) is 19.5 Å². The molecule has 41 heavy (non-hydrogen) atoms. The van der Waals surface area contributed by atoms with E-state index < -0.39 is 35.8 Å². The van der Waals surface area contributed by atoms with Gasteiger partial charge in [0.25, 0.3) is 0 Å². The van der Waals surface area contributed by atoms with Gasteiger partial charge in [-0.2, -0.15) is 0 Å². The maximum atomic E-state index is 14.3. The Morgan fingerprint density at radius 2 is 1.68 bits per heavy atom. The molecule has 4 rings (SSSR count). The summed E-state index contributed by atoms with van der Waals surface area (Å²) in [5.74, 6) is -3.22. The fourth-order valence-electron chi connectivity index (χ4n) is 6.54. The highest BCUT2D eigenvalue weighted by molar-refractivity contribution is 6.02. The van der Waals surface area contributed by atoms with E-state index in [2.05, 4.69) is 24.1 Å². The van der Waals surface area contributed by atoms with E-state index in [-0.39, 0.29) is 30.9 Å². The number of hydrogen-bond donors (Lipinski definition) is 2. The Balaban J connectivity index is 1.74. The molecule has 2 aromatic carbocycles. The zero-order valence-corrected chi connectivity index (χ0v) is 24.5.